The fourth-order valence-corrected chi connectivity index (χ4v) is 1.47. The number of allylic oxidation sites excluding steroid dienone is 5. The first-order valence-corrected chi connectivity index (χ1v) is 4.95. The molecule has 0 aromatic carbocycles. The summed E-state index contributed by atoms with van der Waals surface area (Å²) >= 11 is 1.45. The fraction of sp³-hybridized carbons (Fsp3) is 0.125. The van der Waals surface area contributed by atoms with Gasteiger partial charge in [0.1, 0.15) is 0 Å². The van der Waals surface area contributed by atoms with E-state index in [0.29, 0.717) is 0 Å². The number of nitrogens with zero attached hydrogens (tertiary/aromatic N) is 1. The molecule has 0 N–H and O–H groups in total. The van der Waals surface area contributed by atoms with E-state index in [1.165, 1.54) is 11.9 Å². The molecule has 0 aromatic rings. The third-order valence-electron chi connectivity index (χ3n) is 1.29. The standard InChI is InChI=1S/C8H10NPS/c1-6-5-7(10)3-4-8(6)9-11-2/h3-5H,1,10H2,2H3/b9-8-. The molecule has 0 fully saturated rings. The summed E-state index contributed by atoms with van der Waals surface area (Å²) in [5.41, 5.74) is 1.94. The van der Waals surface area contributed by atoms with Crippen LogP contribution in [-0.4, -0.2) is 12.0 Å². The first kappa shape index (κ1) is 8.76. The molecule has 0 spiro atoms. The van der Waals surface area contributed by atoms with E-state index in [2.05, 4.69) is 20.2 Å². The van der Waals surface area contributed by atoms with Crippen LogP contribution in [0.4, 0.5) is 0 Å². The van der Waals surface area contributed by atoms with Gasteiger partial charge in [-0.15, -0.1) is 9.24 Å². The molecule has 0 aliphatic heterocycles. The molecule has 1 atom stereocenters. The molecule has 0 aromatic heterocycles. The second kappa shape index (κ2) is 3.89. The lowest BCUT2D eigenvalue weighted by Crippen LogP contribution is -1.98. The van der Waals surface area contributed by atoms with Crippen LogP contribution < -0.4 is 0 Å². The highest BCUT2D eigenvalue weighted by Gasteiger charge is 2.02. The van der Waals surface area contributed by atoms with Crippen molar-refractivity contribution in [1.82, 2.24) is 0 Å². The Bertz CT molecular complexity index is 263. The topological polar surface area (TPSA) is 12.4 Å². The van der Waals surface area contributed by atoms with Crippen molar-refractivity contribution in [1.29, 1.82) is 0 Å². The van der Waals surface area contributed by atoms with Gasteiger partial charge in [0.2, 0.25) is 0 Å². The van der Waals surface area contributed by atoms with Crippen LogP contribution in [-0.2, 0) is 0 Å². The van der Waals surface area contributed by atoms with Crippen LogP contribution >= 0.6 is 21.2 Å². The van der Waals surface area contributed by atoms with Crippen LogP contribution in [0.3, 0.4) is 0 Å². The van der Waals surface area contributed by atoms with Crippen molar-refractivity contribution in [3.8, 4) is 0 Å². The van der Waals surface area contributed by atoms with Gasteiger partial charge in [0.05, 0.1) is 5.71 Å². The molecular weight excluding hydrogens is 173 g/mol. The van der Waals surface area contributed by atoms with Crippen LogP contribution in [0.15, 0.2) is 40.1 Å². The molecule has 3 heteroatoms. The highest BCUT2D eigenvalue weighted by molar-refractivity contribution is 7.97. The van der Waals surface area contributed by atoms with E-state index < -0.39 is 0 Å². The zero-order valence-electron chi connectivity index (χ0n) is 6.37. The van der Waals surface area contributed by atoms with Gasteiger partial charge >= 0.3 is 0 Å². The van der Waals surface area contributed by atoms with Gasteiger partial charge in [0, 0.05) is 6.26 Å². The summed E-state index contributed by atoms with van der Waals surface area (Å²) in [6.07, 6.45) is 7.92. The first-order chi connectivity index (χ1) is 5.24. The van der Waals surface area contributed by atoms with Gasteiger partial charge in [-0.2, -0.15) is 0 Å². The van der Waals surface area contributed by atoms with Gasteiger partial charge in [-0.25, -0.2) is 4.40 Å². The van der Waals surface area contributed by atoms with Crippen LogP contribution in [0.2, 0.25) is 0 Å². The van der Waals surface area contributed by atoms with Gasteiger partial charge in [0.15, 0.2) is 0 Å². The molecule has 1 aliphatic rings. The van der Waals surface area contributed by atoms with Crippen molar-refractivity contribution in [2.45, 2.75) is 0 Å². The summed E-state index contributed by atoms with van der Waals surface area (Å²) in [6, 6.07) is 0. The smallest absolute Gasteiger partial charge is 0.0779 e. The van der Waals surface area contributed by atoms with Crippen molar-refractivity contribution in [2.24, 2.45) is 4.40 Å². The van der Waals surface area contributed by atoms with Crippen molar-refractivity contribution < 1.29 is 0 Å². The lowest BCUT2D eigenvalue weighted by molar-refractivity contribution is 1.69. The molecular formula is C8H10NPS. The third kappa shape index (κ3) is 2.32. The predicted molar refractivity (Wildman–Crippen MR) is 57.0 cm³/mol. The first-order valence-electron chi connectivity index (χ1n) is 3.19. The van der Waals surface area contributed by atoms with E-state index in [9.17, 15) is 0 Å². The average Bonchev–Trinajstić information content (AvgIpc) is 1.95. The largest absolute Gasteiger partial charge is 0.216 e. The summed E-state index contributed by atoms with van der Waals surface area (Å²) < 4.78 is 4.19. The summed E-state index contributed by atoms with van der Waals surface area (Å²) in [4.78, 5) is 0. The Balaban J connectivity index is 2.86. The normalized spacial score (nSPS) is 20.7. The zero-order valence-corrected chi connectivity index (χ0v) is 8.34. The lowest BCUT2D eigenvalue weighted by atomic mass is 10.1. The average molecular weight is 183 g/mol. The quantitative estimate of drug-likeness (QED) is 0.449. The molecule has 0 amide bonds. The summed E-state index contributed by atoms with van der Waals surface area (Å²) in [6.45, 7) is 3.88. The van der Waals surface area contributed by atoms with Gasteiger partial charge < -0.3 is 0 Å². The number of hydrogen-bond acceptors (Lipinski definition) is 2. The molecule has 11 heavy (non-hydrogen) atoms. The minimum absolute atomic E-state index is 0.962. The highest BCUT2D eigenvalue weighted by Crippen LogP contribution is 2.18. The molecule has 58 valence electrons. The van der Waals surface area contributed by atoms with E-state index in [4.69, 9.17) is 0 Å². The van der Waals surface area contributed by atoms with Crippen molar-refractivity contribution in [2.75, 3.05) is 6.26 Å². The fourth-order valence-electron chi connectivity index (χ4n) is 0.793. The molecule has 1 rings (SSSR count). The SMILES string of the molecule is C=C1C=C(P)C=C/C1=N/SC. The number of hydrogen-bond donors (Lipinski definition) is 0. The number of rotatable bonds is 1. The second-order valence-corrected chi connectivity index (χ2v) is 3.38. The third-order valence-corrected chi connectivity index (χ3v) is 2.03. The predicted octanol–water partition coefficient (Wildman–Crippen LogP) is 2.59. The van der Waals surface area contributed by atoms with Crippen molar-refractivity contribution in [3.05, 3.63) is 35.7 Å². The van der Waals surface area contributed by atoms with E-state index in [1.54, 1.807) is 0 Å². The van der Waals surface area contributed by atoms with Gasteiger partial charge in [0.25, 0.3) is 0 Å². The highest BCUT2D eigenvalue weighted by atomic mass is 32.2. The van der Waals surface area contributed by atoms with Gasteiger partial charge in [-0.05, 0) is 35.0 Å². The molecule has 0 saturated carbocycles. The Hall–Kier alpha value is -0.330. The van der Waals surface area contributed by atoms with Crippen LogP contribution in [0.1, 0.15) is 0 Å². The van der Waals surface area contributed by atoms with Crippen LogP contribution in [0, 0.1) is 0 Å². The van der Waals surface area contributed by atoms with Crippen LogP contribution in [0.25, 0.3) is 0 Å². The molecule has 0 radical (unpaired) electrons. The Morgan fingerprint density at radius 3 is 2.82 bits per heavy atom. The van der Waals surface area contributed by atoms with E-state index in [-0.39, 0.29) is 0 Å². The Morgan fingerprint density at radius 2 is 2.27 bits per heavy atom. The molecule has 0 heterocycles. The van der Waals surface area contributed by atoms with Crippen LogP contribution in [0.5, 0.6) is 0 Å². The molecule has 0 saturated heterocycles. The minimum atomic E-state index is 0.962. The Labute approximate surface area is 73.7 Å². The monoisotopic (exact) mass is 183 g/mol. The van der Waals surface area contributed by atoms with Crippen molar-refractivity contribution >= 4 is 26.9 Å². The lowest BCUT2D eigenvalue weighted by Gasteiger charge is -2.05. The molecule has 1 nitrogen and oxygen atoms in total. The molecule has 1 aliphatic carbocycles. The van der Waals surface area contributed by atoms with Gasteiger partial charge in [-0.3, -0.25) is 0 Å². The summed E-state index contributed by atoms with van der Waals surface area (Å²) in [5, 5.41) is 1.15. The summed E-state index contributed by atoms with van der Waals surface area (Å²) in [7, 11) is 2.63. The van der Waals surface area contributed by atoms with E-state index in [0.717, 1.165) is 16.6 Å². The van der Waals surface area contributed by atoms with E-state index >= 15 is 0 Å². The maximum Gasteiger partial charge on any atom is 0.0779 e. The maximum atomic E-state index is 4.19. The van der Waals surface area contributed by atoms with Gasteiger partial charge in [-0.1, -0.05) is 12.7 Å². The Kier molecular flexibility index (Phi) is 3.10. The minimum Gasteiger partial charge on any atom is -0.216 e. The maximum absolute atomic E-state index is 4.19. The Morgan fingerprint density at radius 1 is 1.55 bits per heavy atom. The molecule has 0 bridgehead atoms. The summed E-state index contributed by atoms with van der Waals surface area (Å²) in [5.74, 6) is 0. The second-order valence-electron chi connectivity index (χ2n) is 2.16. The zero-order chi connectivity index (χ0) is 8.27. The van der Waals surface area contributed by atoms with Crippen molar-refractivity contribution in [3.63, 3.8) is 0 Å². The molecule has 1 unspecified atom stereocenters. The van der Waals surface area contributed by atoms with E-state index in [1.807, 2.05) is 24.5 Å².